The zero-order valence-electron chi connectivity index (χ0n) is 36.8. The second-order valence-electron chi connectivity index (χ2n) is 16.3. The Bertz CT molecular complexity index is 2660. The van der Waals surface area contributed by atoms with E-state index >= 15 is 0 Å². The van der Waals surface area contributed by atoms with Crippen molar-refractivity contribution in [1.29, 1.82) is 0 Å². The summed E-state index contributed by atoms with van der Waals surface area (Å²) in [7, 11) is 0. The molecule has 1 aromatic heterocycles. The highest BCUT2D eigenvalue weighted by Gasteiger charge is 2.47. The van der Waals surface area contributed by atoms with E-state index in [0.29, 0.717) is 11.3 Å². The number of alkyl halides is 24. The quantitative estimate of drug-likeness (QED) is 0.0362. The summed E-state index contributed by atoms with van der Waals surface area (Å²) in [6.45, 7) is -0.184. The van der Waals surface area contributed by atoms with Gasteiger partial charge in [0.05, 0.1) is 44.5 Å². The largest absolute Gasteiger partial charge is 0.416 e. The molecule has 0 saturated carbocycles. The lowest BCUT2D eigenvalue weighted by Crippen LogP contribution is -2.75. The zero-order valence-corrected chi connectivity index (χ0v) is 36.8. The van der Waals surface area contributed by atoms with Crippen LogP contribution >= 0.6 is 0 Å². The third kappa shape index (κ3) is 13.9. The van der Waals surface area contributed by atoms with Crippen molar-refractivity contribution >= 4 is 33.8 Å². The molecule has 5 nitrogen and oxygen atoms in total. The van der Waals surface area contributed by atoms with Crippen LogP contribution in [0.25, 0.3) is 0 Å². The Labute approximate surface area is 409 Å². The van der Waals surface area contributed by atoms with Crippen LogP contribution in [0.4, 0.5) is 105 Å². The molecule has 6 rings (SSSR count). The molecule has 0 N–H and O–H groups in total. The first-order valence-electron chi connectivity index (χ1n) is 20.5. The molecule has 0 atom stereocenters. The first kappa shape index (κ1) is 59.6. The molecule has 0 spiro atoms. The molecule has 0 aliphatic heterocycles. The molecular formula is C46H25BF24N2O3. The monoisotopic (exact) mass is 1120 g/mol. The van der Waals surface area contributed by atoms with Crippen LogP contribution in [-0.4, -0.2) is 16.9 Å². The van der Waals surface area contributed by atoms with Crippen molar-refractivity contribution in [2.45, 2.75) is 62.5 Å². The fourth-order valence-corrected chi connectivity index (χ4v) is 7.88. The van der Waals surface area contributed by atoms with Gasteiger partial charge in [0.1, 0.15) is 6.15 Å². The van der Waals surface area contributed by atoms with Gasteiger partial charge in [-0.25, -0.2) is 0 Å². The van der Waals surface area contributed by atoms with Gasteiger partial charge in [0.15, 0.2) is 6.20 Å². The number of Topliss-reactive ketones (excluding diaryl/α,β-unsaturated/α-hetero) is 1. The summed E-state index contributed by atoms with van der Waals surface area (Å²) >= 11 is 0. The molecule has 0 aliphatic carbocycles. The number of pyridine rings is 1. The number of benzene rings is 5. The lowest BCUT2D eigenvalue weighted by Gasteiger charge is -2.46. The summed E-state index contributed by atoms with van der Waals surface area (Å²) in [6.07, 6.45) is -53.1. The van der Waals surface area contributed by atoms with Gasteiger partial charge in [-0.1, -0.05) is 78.9 Å². The predicted molar refractivity (Wildman–Crippen MR) is 218 cm³/mol. The third-order valence-electron chi connectivity index (χ3n) is 11.2. The average molecular weight is 1120 g/mol. The van der Waals surface area contributed by atoms with Crippen molar-refractivity contribution in [3.8, 4) is 0 Å². The number of hydrogen-bond donors (Lipinski definition) is 0. The fraction of sp³-hybridized carbons (Fsp3) is 0.217. The molecule has 0 fully saturated rings. The van der Waals surface area contributed by atoms with Gasteiger partial charge >= 0.3 is 49.4 Å². The van der Waals surface area contributed by atoms with E-state index in [1.807, 2.05) is 6.07 Å². The molecule has 0 unspecified atom stereocenters. The smallest absolute Gasteiger partial charge is 0.287 e. The molecule has 76 heavy (non-hydrogen) atoms. The lowest BCUT2D eigenvalue weighted by molar-refractivity contribution is -0.704. The van der Waals surface area contributed by atoms with Crippen molar-refractivity contribution in [1.82, 2.24) is 0 Å². The first-order chi connectivity index (χ1) is 34.4. The number of nitro groups is 1. The van der Waals surface area contributed by atoms with Gasteiger partial charge in [0, 0.05) is 22.6 Å². The Kier molecular flexibility index (Phi) is 16.2. The van der Waals surface area contributed by atoms with Crippen LogP contribution in [0.2, 0.25) is 0 Å². The summed E-state index contributed by atoms with van der Waals surface area (Å²) in [6, 6.07) is 5.21. The molecule has 5 aromatic carbocycles. The maximum Gasteiger partial charge on any atom is 0.416 e. The standard InChI is InChI=1S/C32H12BF24.C14H13N2O3/c34-25(35,36)13-1-14(26(37,38)39)6-21(5-13)33(22-7-15(27(40,41)42)2-16(8-22)28(43,44)45,23-9-17(29(46,47)48)3-18(10-23)30(49,50)51)24-11-19(31(52,53)54)4-20(12-24)32(55,56)57;17-14(12-6-2-1-3-7-12)11-15-9-5-4-8-13(15)10-16(18)19/h1-12H;1-9H,10-11H2/q-1;+1. The summed E-state index contributed by atoms with van der Waals surface area (Å²) in [4.78, 5) is 22.2. The number of hydrogen-bond acceptors (Lipinski definition) is 3. The highest BCUT2D eigenvalue weighted by molar-refractivity contribution is 7.20. The molecule has 1 heterocycles. The summed E-state index contributed by atoms with van der Waals surface area (Å²) in [5.41, 5.74) is -29.1. The van der Waals surface area contributed by atoms with Crippen LogP contribution in [0.15, 0.2) is 128 Å². The molecule has 30 heteroatoms. The number of carbonyl (C=O) groups is 1. The Morgan fingerprint density at radius 2 is 0.645 bits per heavy atom. The second-order valence-corrected chi connectivity index (χ2v) is 16.3. The van der Waals surface area contributed by atoms with Gasteiger partial charge in [0.2, 0.25) is 12.3 Å². The van der Waals surface area contributed by atoms with E-state index in [9.17, 15) is 120 Å². The van der Waals surface area contributed by atoms with E-state index in [4.69, 9.17) is 0 Å². The maximum absolute atomic E-state index is 14.2. The molecule has 408 valence electrons. The topological polar surface area (TPSA) is 64.1 Å². The van der Waals surface area contributed by atoms with Crippen LogP contribution in [0.1, 0.15) is 60.6 Å². The van der Waals surface area contributed by atoms with Crippen molar-refractivity contribution in [2.75, 3.05) is 0 Å². The first-order valence-corrected chi connectivity index (χ1v) is 20.5. The molecule has 0 bridgehead atoms. The zero-order chi connectivity index (χ0) is 57.6. The normalized spacial score (nSPS) is 13.3. The minimum Gasteiger partial charge on any atom is -0.287 e. The van der Waals surface area contributed by atoms with Crippen LogP contribution in [0.5, 0.6) is 0 Å². The van der Waals surface area contributed by atoms with Crippen molar-refractivity contribution in [2.24, 2.45) is 0 Å². The van der Waals surface area contributed by atoms with E-state index in [0.717, 1.165) is 0 Å². The van der Waals surface area contributed by atoms with Gasteiger partial charge in [-0.15, -0.1) is 0 Å². The van der Waals surface area contributed by atoms with Crippen LogP contribution in [0, 0.1) is 10.1 Å². The van der Waals surface area contributed by atoms with Crippen molar-refractivity contribution in [3.05, 3.63) is 193 Å². The number of nitrogens with zero attached hydrogens (tertiary/aromatic N) is 2. The summed E-state index contributed by atoms with van der Waals surface area (Å²) in [5, 5.41) is 10.6. The molecule has 0 saturated heterocycles. The van der Waals surface area contributed by atoms with Crippen LogP contribution in [-0.2, 0) is 62.5 Å². The van der Waals surface area contributed by atoms with Crippen molar-refractivity contribution < 1.29 is 120 Å². The van der Waals surface area contributed by atoms with Crippen molar-refractivity contribution in [3.63, 3.8) is 0 Å². The van der Waals surface area contributed by atoms with E-state index in [1.165, 1.54) is 0 Å². The molecule has 0 aliphatic rings. The van der Waals surface area contributed by atoms with E-state index in [1.54, 1.807) is 53.2 Å². The Morgan fingerprint density at radius 1 is 0.395 bits per heavy atom. The SMILES string of the molecule is FC(F)(F)c1cc([B-](c2cc(C(F)(F)F)cc(C(F)(F)F)c2)(c2cc(C(F)(F)F)cc(C(F)(F)F)c2)c2cc(C(F)(F)F)cc(C(F)(F)F)c2)cc(C(F)(F)F)c1.O=C(C[n+]1ccccc1C[N+](=O)[O-])c1ccccc1. The summed E-state index contributed by atoms with van der Waals surface area (Å²) < 4.78 is 342. The van der Waals surface area contributed by atoms with E-state index < -0.39 is 200 Å². The molecule has 6 aromatic rings. The van der Waals surface area contributed by atoms with Crippen LogP contribution < -0.4 is 26.4 Å². The van der Waals surface area contributed by atoms with Gasteiger partial charge in [-0.3, -0.25) is 14.9 Å². The number of carbonyl (C=O) groups excluding carboxylic acids is 1. The Hall–Kier alpha value is -7.30. The second kappa shape index (κ2) is 20.7. The van der Waals surface area contributed by atoms with E-state index in [-0.39, 0.29) is 18.9 Å². The fourth-order valence-electron chi connectivity index (χ4n) is 7.88. The third-order valence-corrected chi connectivity index (χ3v) is 11.2. The number of aromatic nitrogens is 1. The lowest BCUT2D eigenvalue weighted by atomic mass is 9.12. The minimum absolute atomic E-state index is 0.0682. The molecular weight excluding hydrogens is 1100 g/mol. The number of rotatable bonds is 9. The van der Waals surface area contributed by atoms with Gasteiger partial charge in [0.25, 0.3) is 12.2 Å². The van der Waals surface area contributed by atoms with E-state index in [2.05, 4.69) is 0 Å². The van der Waals surface area contributed by atoms with Crippen LogP contribution in [0.3, 0.4) is 0 Å². The average Bonchev–Trinajstić information content (AvgIpc) is 3.27. The Balaban J connectivity index is 0.000000468. The highest BCUT2D eigenvalue weighted by atomic mass is 19.4. The number of halogens is 24. The summed E-state index contributed by atoms with van der Waals surface area (Å²) in [5.74, 6) is -0.0682. The molecule has 0 amide bonds. The molecule has 0 radical (unpaired) electrons. The number of ketones is 1. The van der Waals surface area contributed by atoms with Gasteiger partial charge < -0.3 is 0 Å². The van der Waals surface area contributed by atoms with Gasteiger partial charge in [-0.2, -0.15) is 132 Å². The van der Waals surface area contributed by atoms with Gasteiger partial charge in [-0.05, 0) is 30.3 Å². The maximum atomic E-state index is 14.2. The minimum atomic E-state index is -6.13. The highest BCUT2D eigenvalue weighted by Crippen LogP contribution is 2.41. The predicted octanol–water partition coefficient (Wildman–Crippen LogP) is 12.8. The Morgan fingerprint density at radius 3 is 0.882 bits per heavy atom.